The molecule has 0 aromatic rings. The molecule has 0 saturated carbocycles. The van der Waals surface area contributed by atoms with Gasteiger partial charge < -0.3 is 0 Å². The standard InChI is InChI=1S/C4H4NO2/c1-3-4(6)7-5-2/h2-3H,1H2/q+1. The number of rotatable bonds is 1. The van der Waals surface area contributed by atoms with E-state index in [1.54, 1.807) is 0 Å². The Morgan fingerprint density at radius 2 is 2.57 bits per heavy atom. The Hall–Kier alpha value is -1.30. The molecule has 0 atom stereocenters. The fourth-order valence-corrected chi connectivity index (χ4v) is 0.0892. The molecule has 0 aliphatic carbocycles. The third-order valence-electron chi connectivity index (χ3n) is 0.309. The molecule has 0 fully saturated rings. The van der Waals surface area contributed by atoms with Gasteiger partial charge in [-0.2, -0.15) is 0 Å². The fraction of sp³-hybridized carbons (Fsp3) is 0. The molecule has 0 rings (SSSR count). The van der Waals surface area contributed by atoms with Crippen molar-refractivity contribution in [2.45, 2.75) is 0 Å². The molecule has 0 bridgehead atoms. The van der Waals surface area contributed by atoms with Gasteiger partial charge >= 0.3 is 12.5 Å². The lowest BCUT2D eigenvalue weighted by atomic mass is 10.7. The Morgan fingerprint density at radius 1 is 2.00 bits per heavy atom. The molecule has 36 valence electrons. The summed E-state index contributed by atoms with van der Waals surface area (Å²) in [6.45, 7) is 7.53. The predicted octanol–water partition coefficient (Wildman–Crippen LogP) is 0.593. The summed E-state index contributed by atoms with van der Waals surface area (Å²) in [4.78, 5) is 13.7. The Balaban J connectivity index is 3.42. The van der Waals surface area contributed by atoms with Gasteiger partial charge in [-0.05, 0) is 0 Å². The monoisotopic (exact) mass is 98.0 g/mol. The van der Waals surface area contributed by atoms with Crippen LogP contribution in [0.15, 0.2) is 12.7 Å². The zero-order valence-electron chi connectivity index (χ0n) is 3.63. The zero-order chi connectivity index (χ0) is 5.70. The van der Waals surface area contributed by atoms with Crippen LogP contribution in [0.3, 0.4) is 0 Å². The molecule has 0 aromatic carbocycles. The highest BCUT2D eigenvalue weighted by molar-refractivity contribution is 5.81. The normalized spacial score (nSPS) is 6.14. The first-order valence-corrected chi connectivity index (χ1v) is 1.55. The number of carbonyl (C=O) groups is 1. The summed E-state index contributed by atoms with van der Waals surface area (Å²) in [5.41, 5.74) is 0. The quantitative estimate of drug-likeness (QED) is 0.355. The lowest BCUT2D eigenvalue weighted by molar-refractivity contribution is -0.132. The lowest BCUT2D eigenvalue weighted by Crippen LogP contribution is -1.88. The highest BCUT2D eigenvalue weighted by Gasteiger charge is 1.96. The molecule has 0 aliphatic rings. The van der Waals surface area contributed by atoms with Crippen LogP contribution < -0.4 is 0 Å². The largest absolute Gasteiger partial charge is 0.422 e. The molecule has 0 amide bonds. The number of hydrogen-bond donors (Lipinski definition) is 0. The van der Waals surface area contributed by atoms with Crippen molar-refractivity contribution in [3.8, 4) is 6.57 Å². The summed E-state index contributed by atoms with van der Waals surface area (Å²) in [6.07, 6.45) is 0.969. The highest BCUT2D eigenvalue weighted by atomic mass is 16.7. The predicted molar refractivity (Wildman–Crippen MR) is 24.6 cm³/mol. The molecular formula is C4H4NO2+. The van der Waals surface area contributed by atoms with Crippen LogP contribution in [0.4, 0.5) is 0 Å². The smallest absolute Gasteiger partial charge is 0.238 e. The minimum absolute atomic E-state index is 0.650. The van der Waals surface area contributed by atoms with Crippen LogP contribution in [-0.4, -0.2) is 5.97 Å². The van der Waals surface area contributed by atoms with Crippen molar-refractivity contribution in [2.75, 3.05) is 0 Å². The second-order valence-electron chi connectivity index (χ2n) is 0.720. The molecule has 0 aromatic heterocycles. The second-order valence-corrected chi connectivity index (χ2v) is 0.720. The average molecular weight is 98.1 g/mol. The van der Waals surface area contributed by atoms with Gasteiger partial charge in [-0.15, -0.1) is 0 Å². The van der Waals surface area contributed by atoms with Gasteiger partial charge in [0.2, 0.25) is 5.01 Å². The van der Waals surface area contributed by atoms with Gasteiger partial charge in [-0.1, -0.05) is 11.4 Å². The van der Waals surface area contributed by atoms with Gasteiger partial charge in [0.1, 0.15) is 0 Å². The van der Waals surface area contributed by atoms with Crippen LogP contribution in [0.5, 0.6) is 0 Å². The third-order valence-corrected chi connectivity index (χ3v) is 0.309. The van der Waals surface area contributed by atoms with Crippen molar-refractivity contribution in [2.24, 2.45) is 0 Å². The molecule has 0 N–H and O–H groups in total. The van der Waals surface area contributed by atoms with E-state index in [2.05, 4.69) is 23.0 Å². The fourth-order valence-electron chi connectivity index (χ4n) is 0.0892. The van der Waals surface area contributed by atoms with Crippen LogP contribution in [-0.2, 0) is 9.63 Å². The van der Waals surface area contributed by atoms with Crippen LogP contribution in [0, 0.1) is 6.57 Å². The third kappa shape index (κ3) is 2.50. The number of nitrogens with zero attached hydrogens (tertiary/aromatic N) is 1. The summed E-state index contributed by atoms with van der Waals surface area (Å²) in [5.74, 6) is -0.650. The van der Waals surface area contributed by atoms with Crippen molar-refractivity contribution in [1.82, 2.24) is 0 Å². The van der Waals surface area contributed by atoms with E-state index in [0.29, 0.717) is 0 Å². The van der Waals surface area contributed by atoms with Gasteiger partial charge in [0.25, 0.3) is 0 Å². The summed E-state index contributed by atoms with van der Waals surface area (Å²) in [7, 11) is 0. The van der Waals surface area contributed by atoms with E-state index in [1.165, 1.54) is 0 Å². The van der Waals surface area contributed by atoms with Crippen LogP contribution in [0.25, 0.3) is 5.01 Å². The Bertz CT molecular complexity index is 122. The molecule has 3 heteroatoms. The Kier molecular flexibility index (Phi) is 2.37. The lowest BCUT2D eigenvalue weighted by Gasteiger charge is -1.66. The number of hydrogen-bond acceptors (Lipinski definition) is 2. The van der Waals surface area contributed by atoms with E-state index in [1.807, 2.05) is 0 Å². The maximum atomic E-state index is 9.90. The number of carbonyl (C=O) groups excluding carboxylic acids is 1. The van der Waals surface area contributed by atoms with Gasteiger partial charge in [0, 0.05) is 6.08 Å². The van der Waals surface area contributed by atoms with E-state index in [0.717, 1.165) is 6.08 Å². The molecule has 7 heavy (non-hydrogen) atoms. The van der Waals surface area contributed by atoms with Crippen molar-refractivity contribution in [1.29, 1.82) is 0 Å². The van der Waals surface area contributed by atoms with E-state index < -0.39 is 5.97 Å². The Morgan fingerprint density at radius 3 is 2.71 bits per heavy atom. The van der Waals surface area contributed by atoms with Crippen molar-refractivity contribution < 1.29 is 9.63 Å². The highest BCUT2D eigenvalue weighted by Crippen LogP contribution is 1.75. The first-order valence-electron chi connectivity index (χ1n) is 1.55. The van der Waals surface area contributed by atoms with Crippen molar-refractivity contribution >= 4 is 5.97 Å². The first-order chi connectivity index (χ1) is 3.31. The van der Waals surface area contributed by atoms with Gasteiger partial charge in [-0.3, -0.25) is 0 Å². The van der Waals surface area contributed by atoms with Gasteiger partial charge in [0.15, 0.2) is 0 Å². The molecule has 0 heterocycles. The van der Waals surface area contributed by atoms with E-state index in [-0.39, 0.29) is 0 Å². The SMILES string of the molecule is C#[N+]OC(=O)C=C. The van der Waals surface area contributed by atoms with E-state index >= 15 is 0 Å². The molecule has 0 unspecified atom stereocenters. The maximum absolute atomic E-state index is 9.90. The molecule has 0 radical (unpaired) electrons. The molecule has 0 spiro atoms. The summed E-state index contributed by atoms with van der Waals surface area (Å²) in [6, 6.07) is 0. The van der Waals surface area contributed by atoms with Crippen molar-refractivity contribution in [3.63, 3.8) is 0 Å². The van der Waals surface area contributed by atoms with E-state index in [9.17, 15) is 4.79 Å². The van der Waals surface area contributed by atoms with Crippen molar-refractivity contribution in [3.05, 3.63) is 17.7 Å². The van der Waals surface area contributed by atoms with Crippen LogP contribution >= 0.6 is 0 Å². The Labute approximate surface area is 41.0 Å². The summed E-state index contributed by atoms with van der Waals surface area (Å²) < 4.78 is 0. The molecule has 0 saturated heterocycles. The zero-order valence-corrected chi connectivity index (χ0v) is 3.63. The van der Waals surface area contributed by atoms with Crippen LogP contribution in [0.2, 0.25) is 0 Å². The topological polar surface area (TPSA) is 30.7 Å². The molecule has 0 aliphatic heterocycles. The maximum Gasteiger partial charge on any atom is 0.422 e. The summed E-state index contributed by atoms with van der Waals surface area (Å²) in [5, 5.41) is 2.59. The molecular weight excluding hydrogens is 94.0 g/mol. The van der Waals surface area contributed by atoms with Gasteiger partial charge in [-0.25, -0.2) is 4.79 Å². The average Bonchev–Trinajstić information content (AvgIpc) is 1.68. The molecule has 3 nitrogen and oxygen atoms in total. The second kappa shape index (κ2) is 2.91. The van der Waals surface area contributed by atoms with E-state index in [4.69, 9.17) is 0 Å². The summed E-state index contributed by atoms with van der Waals surface area (Å²) >= 11 is 0. The first kappa shape index (κ1) is 5.70. The minimum Gasteiger partial charge on any atom is -0.238 e. The van der Waals surface area contributed by atoms with Gasteiger partial charge in [0.05, 0.1) is 0 Å². The van der Waals surface area contributed by atoms with Crippen LogP contribution in [0.1, 0.15) is 0 Å². The minimum atomic E-state index is -0.650.